The Bertz CT molecular complexity index is 980. The minimum absolute atomic E-state index is 0.185. The van der Waals surface area contributed by atoms with Gasteiger partial charge in [-0.15, -0.1) is 0 Å². The van der Waals surface area contributed by atoms with Crippen molar-refractivity contribution in [1.29, 1.82) is 0 Å². The van der Waals surface area contributed by atoms with Crippen molar-refractivity contribution in [3.05, 3.63) is 53.1 Å². The summed E-state index contributed by atoms with van der Waals surface area (Å²) in [6, 6.07) is 11.2. The molecule has 0 saturated carbocycles. The van der Waals surface area contributed by atoms with Crippen LogP contribution in [0.15, 0.2) is 41.3 Å². The van der Waals surface area contributed by atoms with Crippen molar-refractivity contribution >= 4 is 32.8 Å². The van der Waals surface area contributed by atoms with Crippen molar-refractivity contribution < 1.29 is 8.42 Å². The molecule has 0 saturated heterocycles. The molecule has 1 aliphatic rings. The summed E-state index contributed by atoms with van der Waals surface area (Å²) in [5, 5.41) is 0. The van der Waals surface area contributed by atoms with Gasteiger partial charge in [0.15, 0.2) is 0 Å². The first-order valence-corrected chi connectivity index (χ1v) is 9.66. The second-order valence-electron chi connectivity index (χ2n) is 5.67. The van der Waals surface area contributed by atoms with E-state index in [2.05, 4.69) is 25.6 Å². The number of nitrogens with one attached hydrogen (secondary N) is 1. The van der Waals surface area contributed by atoms with Gasteiger partial charge >= 0.3 is 0 Å². The lowest BCUT2D eigenvalue weighted by Crippen LogP contribution is -2.23. The van der Waals surface area contributed by atoms with Gasteiger partial charge in [-0.25, -0.2) is 13.1 Å². The molecule has 0 amide bonds. The Morgan fingerprint density at radius 2 is 1.96 bits per heavy atom. The fourth-order valence-electron chi connectivity index (χ4n) is 2.99. The van der Waals surface area contributed by atoms with Crippen LogP contribution >= 0.6 is 11.7 Å². The van der Waals surface area contributed by atoms with Gasteiger partial charge in [0, 0.05) is 6.54 Å². The molecule has 0 spiro atoms. The molecule has 2 aromatic carbocycles. The highest BCUT2D eigenvalue weighted by atomic mass is 32.2. The average Bonchev–Trinajstić information content (AvgIpc) is 3.20. The molecule has 118 valence electrons. The van der Waals surface area contributed by atoms with Crippen LogP contribution in [-0.2, 0) is 29.4 Å². The first-order chi connectivity index (χ1) is 11.1. The second kappa shape index (κ2) is 5.67. The van der Waals surface area contributed by atoms with Gasteiger partial charge in [-0.2, -0.15) is 8.75 Å². The van der Waals surface area contributed by atoms with E-state index in [9.17, 15) is 8.42 Å². The molecule has 0 fully saturated rings. The number of rotatable bonds is 4. The molecule has 0 bridgehead atoms. The first-order valence-electron chi connectivity index (χ1n) is 7.45. The van der Waals surface area contributed by atoms with E-state index < -0.39 is 10.0 Å². The van der Waals surface area contributed by atoms with E-state index in [1.807, 2.05) is 6.07 Å². The van der Waals surface area contributed by atoms with Gasteiger partial charge in [0.1, 0.15) is 15.9 Å². The first kappa shape index (κ1) is 14.7. The van der Waals surface area contributed by atoms with E-state index in [-0.39, 0.29) is 11.4 Å². The van der Waals surface area contributed by atoms with Gasteiger partial charge in [-0.05, 0) is 48.1 Å². The molecule has 1 aliphatic carbocycles. The topological polar surface area (TPSA) is 72.0 Å². The van der Waals surface area contributed by atoms with Gasteiger partial charge < -0.3 is 0 Å². The van der Waals surface area contributed by atoms with Crippen LogP contribution in [0.3, 0.4) is 0 Å². The third-order valence-electron chi connectivity index (χ3n) is 4.17. The van der Waals surface area contributed by atoms with Crippen molar-refractivity contribution in [3.63, 3.8) is 0 Å². The van der Waals surface area contributed by atoms with Crippen molar-refractivity contribution in [2.24, 2.45) is 0 Å². The number of sulfonamides is 1. The highest BCUT2D eigenvalue weighted by Gasteiger charge is 2.19. The summed E-state index contributed by atoms with van der Waals surface area (Å²) in [6.45, 7) is 0.281. The molecule has 0 atom stereocenters. The van der Waals surface area contributed by atoms with Crippen LogP contribution in [0.25, 0.3) is 11.0 Å². The van der Waals surface area contributed by atoms with Gasteiger partial charge in [-0.3, -0.25) is 0 Å². The maximum atomic E-state index is 12.6. The quantitative estimate of drug-likeness (QED) is 0.789. The number of hydrogen-bond donors (Lipinski definition) is 1. The zero-order valence-corrected chi connectivity index (χ0v) is 14.0. The summed E-state index contributed by atoms with van der Waals surface area (Å²) in [5.74, 6) is 0. The summed E-state index contributed by atoms with van der Waals surface area (Å²) in [4.78, 5) is 0.185. The highest BCUT2D eigenvalue weighted by Crippen LogP contribution is 2.24. The lowest BCUT2D eigenvalue weighted by Gasteiger charge is -2.08. The number of hydrogen-bond acceptors (Lipinski definition) is 5. The van der Waals surface area contributed by atoms with Gasteiger partial charge in [0.05, 0.1) is 11.7 Å². The molecule has 0 radical (unpaired) electrons. The van der Waals surface area contributed by atoms with Crippen LogP contribution in [-0.4, -0.2) is 17.2 Å². The Morgan fingerprint density at radius 3 is 2.87 bits per heavy atom. The standard InChI is InChI=1S/C16H15N3O2S2/c20-23(21,15-6-2-5-14-16(15)19-22-18-14)17-10-11-7-8-12-3-1-4-13(12)9-11/h2,5-9,17H,1,3-4,10H2. The van der Waals surface area contributed by atoms with Gasteiger partial charge in [0.2, 0.25) is 10.0 Å². The lowest BCUT2D eigenvalue weighted by molar-refractivity contribution is 0.582. The predicted octanol–water partition coefficient (Wildman–Crippen LogP) is 2.66. The Labute approximate surface area is 138 Å². The zero-order chi connectivity index (χ0) is 15.9. The summed E-state index contributed by atoms with van der Waals surface area (Å²) in [7, 11) is -3.61. The molecular formula is C16H15N3O2S2. The maximum Gasteiger partial charge on any atom is 0.243 e. The lowest BCUT2D eigenvalue weighted by atomic mass is 10.1. The molecule has 0 aliphatic heterocycles. The Hall–Kier alpha value is -1.83. The monoisotopic (exact) mass is 345 g/mol. The normalized spacial score (nSPS) is 14.3. The van der Waals surface area contributed by atoms with E-state index in [4.69, 9.17) is 0 Å². The Kier molecular flexibility index (Phi) is 3.63. The van der Waals surface area contributed by atoms with Crippen molar-refractivity contribution in [2.45, 2.75) is 30.7 Å². The largest absolute Gasteiger partial charge is 0.243 e. The summed E-state index contributed by atoms with van der Waals surface area (Å²) in [5.41, 5.74) is 4.74. The minimum atomic E-state index is -3.61. The van der Waals surface area contributed by atoms with Crippen LogP contribution in [0.5, 0.6) is 0 Å². The van der Waals surface area contributed by atoms with Crippen LogP contribution in [0.1, 0.15) is 23.1 Å². The van der Waals surface area contributed by atoms with Crippen molar-refractivity contribution in [2.75, 3.05) is 0 Å². The number of aryl methyl sites for hydroxylation is 2. The molecule has 4 rings (SSSR count). The van der Waals surface area contributed by atoms with Crippen molar-refractivity contribution in [3.8, 4) is 0 Å². The SMILES string of the molecule is O=S(=O)(NCc1ccc2c(c1)CCC2)c1cccc2nsnc12. The number of benzene rings is 2. The fraction of sp³-hybridized carbons (Fsp3) is 0.250. The van der Waals surface area contributed by atoms with Crippen LogP contribution < -0.4 is 4.72 Å². The Balaban J connectivity index is 1.59. The summed E-state index contributed by atoms with van der Waals surface area (Å²) in [6.07, 6.45) is 3.39. The van der Waals surface area contributed by atoms with Crippen LogP contribution in [0.4, 0.5) is 0 Å². The maximum absolute atomic E-state index is 12.6. The van der Waals surface area contributed by atoms with E-state index in [0.717, 1.165) is 30.1 Å². The van der Waals surface area contributed by atoms with E-state index in [1.54, 1.807) is 18.2 Å². The summed E-state index contributed by atoms with van der Waals surface area (Å²) < 4.78 is 36.0. The van der Waals surface area contributed by atoms with Crippen molar-refractivity contribution in [1.82, 2.24) is 13.5 Å². The minimum Gasteiger partial charge on any atom is -0.207 e. The third-order valence-corrected chi connectivity index (χ3v) is 6.14. The molecular weight excluding hydrogens is 330 g/mol. The van der Waals surface area contributed by atoms with Gasteiger partial charge in [-0.1, -0.05) is 24.3 Å². The number of aromatic nitrogens is 2. The molecule has 3 aromatic rings. The van der Waals surface area contributed by atoms with E-state index >= 15 is 0 Å². The molecule has 0 unspecified atom stereocenters. The predicted molar refractivity (Wildman–Crippen MR) is 89.9 cm³/mol. The molecule has 7 heteroatoms. The molecule has 1 N–H and O–H groups in total. The smallest absolute Gasteiger partial charge is 0.207 e. The number of nitrogens with zero attached hydrogens (tertiary/aromatic N) is 2. The fourth-order valence-corrected chi connectivity index (χ4v) is 4.77. The molecule has 1 heterocycles. The molecule has 23 heavy (non-hydrogen) atoms. The third kappa shape index (κ3) is 2.75. The summed E-state index contributed by atoms with van der Waals surface area (Å²) >= 11 is 1.02. The zero-order valence-electron chi connectivity index (χ0n) is 12.3. The van der Waals surface area contributed by atoms with Crippen LogP contribution in [0.2, 0.25) is 0 Å². The Morgan fingerprint density at radius 1 is 1.09 bits per heavy atom. The highest BCUT2D eigenvalue weighted by molar-refractivity contribution is 7.89. The van der Waals surface area contributed by atoms with E-state index in [1.165, 1.54) is 17.5 Å². The van der Waals surface area contributed by atoms with Gasteiger partial charge in [0.25, 0.3) is 0 Å². The second-order valence-corrected chi connectivity index (χ2v) is 7.93. The van der Waals surface area contributed by atoms with E-state index in [0.29, 0.717) is 11.0 Å². The van der Waals surface area contributed by atoms with Crippen LogP contribution in [0, 0.1) is 0 Å². The molecule has 1 aromatic heterocycles. The average molecular weight is 345 g/mol. The molecule has 5 nitrogen and oxygen atoms in total. The number of fused-ring (bicyclic) bond motifs is 2.